The maximum absolute atomic E-state index is 5.25. The van der Waals surface area contributed by atoms with E-state index < -0.39 is 0 Å². The molecule has 60 valence electrons. The zero-order valence-electron chi connectivity index (χ0n) is 6.51. The van der Waals surface area contributed by atoms with E-state index in [1.54, 1.807) is 0 Å². The molecule has 10 heavy (non-hydrogen) atoms. The minimum absolute atomic E-state index is 0.685. The van der Waals surface area contributed by atoms with Crippen LogP contribution < -0.4 is 11.1 Å². The van der Waals surface area contributed by atoms with Crippen molar-refractivity contribution in [1.29, 1.82) is 0 Å². The van der Waals surface area contributed by atoms with Gasteiger partial charge in [0.2, 0.25) is 0 Å². The van der Waals surface area contributed by atoms with Gasteiger partial charge >= 0.3 is 0 Å². The Bertz CT molecular complexity index is 81.8. The summed E-state index contributed by atoms with van der Waals surface area (Å²) in [6.07, 6.45) is 0. The van der Waals surface area contributed by atoms with Crippen molar-refractivity contribution in [3.63, 3.8) is 0 Å². The van der Waals surface area contributed by atoms with Crippen molar-refractivity contribution in [1.82, 2.24) is 5.32 Å². The summed E-state index contributed by atoms with van der Waals surface area (Å²) in [7, 11) is 0. The van der Waals surface area contributed by atoms with Gasteiger partial charge in [0.25, 0.3) is 0 Å². The lowest BCUT2D eigenvalue weighted by molar-refractivity contribution is 0.681. The van der Waals surface area contributed by atoms with Crippen molar-refractivity contribution >= 4 is 0 Å². The molecule has 0 atom stereocenters. The zero-order valence-corrected chi connectivity index (χ0v) is 6.51. The minimum Gasteiger partial charge on any atom is -0.329 e. The largest absolute Gasteiger partial charge is 0.329 e. The molecule has 0 aromatic rings. The number of azo groups is 1. The topological polar surface area (TPSA) is 62.8 Å². The van der Waals surface area contributed by atoms with Crippen LogP contribution in [0.15, 0.2) is 10.2 Å². The molecule has 0 aromatic carbocycles. The molecule has 0 saturated heterocycles. The Hall–Kier alpha value is -0.480. The zero-order chi connectivity index (χ0) is 7.66. The Balaban J connectivity index is 2.83. The van der Waals surface area contributed by atoms with Gasteiger partial charge in [-0.15, -0.1) is 0 Å². The van der Waals surface area contributed by atoms with Gasteiger partial charge in [-0.1, -0.05) is 0 Å². The summed E-state index contributed by atoms with van der Waals surface area (Å²) in [6.45, 7) is 5.93. The first-order chi connectivity index (χ1) is 4.91. The molecule has 0 unspecified atom stereocenters. The molecule has 4 heteroatoms. The summed E-state index contributed by atoms with van der Waals surface area (Å²) < 4.78 is 0. The van der Waals surface area contributed by atoms with E-state index >= 15 is 0 Å². The fourth-order valence-electron chi connectivity index (χ4n) is 0.527. The Morgan fingerprint density at radius 2 is 2.10 bits per heavy atom. The van der Waals surface area contributed by atoms with Crippen molar-refractivity contribution in [2.24, 2.45) is 16.0 Å². The number of hydrogen-bond donors (Lipinski definition) is 2. The second-order valence-corrected chi connectivity index (χ2v) is 1.86. The van der Waals surface area contributed by atoms with E-state index in [1.165, 1.54) is 0 Å². The van der Waals surface area contributed by atoms with Gasteiger partial charge in [-0.25, -0.2) is 0 Å². The quantitative estimate of drug-likeness (QED) is 0.407. The van der Waals surface area contributed by atoms with Crippen LogP contribution in [0.3, 0.4) is 0 Å². The SMILES string of the molecule is CCN=NCCNCCN. The highest BCUT2D eigenvalue weighted by Crippen LogP contribution is 1.72. The first kappa shape index (κ1) is 9.52. The molecule has 0 radical (unpaired) electrons. The third-order valence-corrected chi connectivity index (χ3v) is 0.951. The van der Waals surface area contributed by atoms with Gasteiger partial charge < -0.3 is 11.1 Å². The highest BCUT2D eigenvalue weighted by molar-refractivity contribution is 4.48. The molecule has 0 heterocycles. The molecular formula is C6H16N4. The molecule has 0 aliphatic carbocycles. The molecule has 4 nitrogen and oxygen atoms in total. The lowest BCUT2D eigenvalue weighted by Crippen LogP contribution is -2.24. The van der Waals surface area contributed by atoms with Crippen molar-refractivity contribution in [2.45, 2.75) is 6.92 Å². The predicted octanol–water partition coefficient (Wildman–Crippen LogP) is 0.00680. The Labute approximate surface area is 61.9 Å². The van der Waals surface area contributed by atoms with Crippen LogP contribution in [-0.4, -0.2) is 32.7 Å². The summed E-state index contributed by atoms with van der Waals surface area (Å²) in [5.74, 6) is 0. The standard InChI is InChI=1S/C6H16N4/c1-2-9-10-6-5-8-4-3-7/h8H,2-7H2,1H3. The van der Waals surface area contributed by atoms with Crippen LogP contribution >= 0.6 is 0 Å². The molecule has 3 N–H and O–H groups in total. The van der Waals surface area contributed by atoms with Gasteiger partial charge in [0.05, 0.1) is 13.1 Å². The fourth-order valence-corrected chi connectivity index (χ4v) is 0.527. The highest BCUT2D eigenvalue weighted by Gasteiger charge is 1.81. The fraction of sp³-hybridized carbons (Fsp3) is 1.00. The normalized spacial score (nSPS) is 11.0. The van der Waals surface area contributed by atoms with Crippen LogP contribution in [0.25, 0.3) is 0 Å². The molecule has 0 aliphatic rings. The molecule has 0 fully saturated rings. The van der Waals surface area contributed by atoms with Crippen molar-refractivity contribution in [2.75, 3.05) is 32.7 Å². The molecular weight excluding hydrogens is 128 g/mol. The summed E-state index contributed by atoms with van der Waals surface area (Å²) in [5, 5.41) is 10.8. The Kier molecular flexibility index (Phi) is 8.11. The van der Waals surface area contributed by atoms with E-state index in [0.29, 0.717) is 6.54 Å². The third kappa shape index (κ3) is 7.52. The summed E-state index contributed by atoms with van der Waals surface area (Å²) in [6, 6.07) is 0. The second kappa shape index (κ2) is 8.52. The number of nitrogens with one attached hydrogen (secondary N) is 1. The minimum atomic E-state index is 0.685. The van der Waals surface area contributed by atoms with E-state index in [9.17, 15) is 0 Å². The van der Waals surface area contributed by atoms with Gasteiger partial charge in [-0.2, -0.15) is 10.2 Å². The number of nitrogens with zero attached hydrogens (tertiary/aromatic N) is 2. The van der Waals surface area contributed by atoms with Crippen LogP contribution in [0.4, 0.5) is 0 Å². The van der Waals surface area contributed by atoms with Crippen molar-refractivity contribution < 1.29 is 0 Å². The van der Waals surface area contributed by atoms with E-state index in [-0.39, 0.29) is 0 Å². The molecule has 0 bridgehead atoms. The lowest BCUT2D eigenvalue weighted by Gasteiger charge is -1.96. The maximum Gasteiger partial charge on any atom is 0.0723 e. The summed E-state index contributed by atoms with van der Waals surface area (Å²) in [4.78, 5) is 0. The first-order valence-electron chi connectivity index (χ1n) is 3.65. The average molecular weight is 144 g/mol. The predicted molar refractivity (Wildman–Crippen MR) is 42.2 cm³/mol. The Morgan fingerprint density at radius 3 is 2.70 bits per heavy atom. The van der Waals surface area contributed by atoms with Crippen LogP contribution in [0, 0.1) is 0 Å². The molecule has 0 saturated carbocycles. The van der Waals surface area contributed by atoms with Gasteiger partial charge in [-0.3, -0.25) is 0 Å². The molecule has 0 rings (SSSR count). The van der Waals surface area contributed by atoms with Crippen molar-refractivity contribution in [3.05, 3.63) is 0 Å². The third-order valence-electron chi connectivity index (χ3n) is 0.951. The van der Waals surface area contributed by atoms with E-state index in [0.717, 1.165) is 26.2 Å². The molecule has 0 spiro atoms. The average Bonchev–Trinajstić information content (AvgIpc) is 1.97. The van der Waals surface area contributed by atoms with E-state index in [2.05, 4.69) is 15.5 Å². The monoisotopic (exact) mass is 144 g/mol. The first-order valence-corrected chi connectivity index (χ1v) is 3.65. The van der Waals surface area contributed by atoms with Gasteiger partial charge in [0.15, 0.2) is 0 Å². The molecule has 0 aliphatic heterocycles. The second-order valence-electron chi connectivity index (χ2n) is 1.86. The Morgan fingerprint density at radius 1 is 1.30 bits per heavy atom. The maximum atomic E-state index is 5.25. The van der Waals surface area contributed by atoms with E-state index in [4.69, 9.17) is 5.73 Å². The van der Waals surface area contributed by atoms with Gasteiger partial charge in [-0.05, 0) is 6.92 Å². The van der Waals surface area contributed by atoms with Crippen LogP contribution in [-0.2, 0) is 0 Å². The van der Waals surface area contributed by atoms with Gasteiger partial charge in [0.1, 0.15) is 0 Å². The lowest BCUT2D eigenvalue weighted by atomic mass is 10.6. The summed E-state index contributed by atoms with van der Waals surface area (Å²) in [5.41, 5.74) is 5.25. The van der Waals surface area contributed by atoms with Crippen LogP contribution in [0.5, 0.6) is 0 Å². The van der Waals surface area contributed by atoms with Crippen molar-refractivity contribution in [3.8, 4) is 0 Å². The molecule has 0 amide bonds. The number of nitrogens with two attached hydrogens (primary N) is 1. The molecule has 0 aromatic heterocycles. The van der Waals surface area contributed by atoms with Gasteiger partial charge in [0, 0.05) is 19.6 Å². The van der Waals surface area contributed by atoms with Crippen LogP contribution in [0.2, 0.25) is 0 Å². The number of rotatable bonds is 6. The van der Waals surface area contributed by atoms with E-state index in [1.807, 2.05) is 6.92 Å². The summed E-state index contributed by atoms with van der Waals surface area (Å²) >= 11 is 0. The smallest absolute Gasteiger partial charge is 0.0723 e. The highest BCUT2D eigenvalue weighted by atomic mass is 15.1. The number of hydrogen-bond acceptors (Lipinski definition) is 4. The van der Waals surface area contributed by atoms with Crippen LogP contribution in [0.1, 0.15) is 6.92 Å².